The number of rotatable bonds is 7. The molecule has 0 bridgehead atoms. The average molecular weight is 394 g/mol. The molecule has 0 aliphatic carbocycles. The molecule has 1 heterocycles. The predicted octanol–water partition coefficient (Wildman–Crippen LogP) is 5.99. The van der Waals surface area contributed by atoms with E-state index in [4.69, 9.17) is 0 Å². The summed E-state index contributed by atoms with van der Waals surface area (Å²) in [4.78, 5) is 19.4. The minimum Gasteiger partial charge on any atom is -0.356 e. The van der Waals surface area contributed by atoms with Gasteiger partial charge in [0.2, 0.25) is 5.91 Å². The van der Waals surface area contributed by atoms with Gasteiger partial charge in [0, 0.05) is 34.4 Å². The van der Waals surface area contributed by atoms with Crippen molar-refractivity contribution in [3.05, 3.63) is 70.7 Å². The van der Waals surface area contributed by atoms with E-state index in [-0.39, 0.29) is 11.9 Å². The van der Waals surface area contributed by atoms with Gasteiger partial charge >= 0.3 is 0 Å². The third-order valence-corrected chi connectivity index (χ3v) is 5.58. The zero-order chi connectivity index (χ0) is 20.1. The summed E-state index contributed by atoms with van der Waals surface area (Å²) in [5.74, 6) is 0.457. The van der Waals surface area contributed by atoms with Crippen molar-refractivity contribution in [1.82, 2.24) is 4.98 Å². The maximum absolute atomic E-state index is 13.0. The molecule has 0 spiro atoms. The molecule has 0 atom stereocenters. The van der Waals surface area contributed by atoms with Gasteiger partial charge in [-0.15, -0.1) is 11.3 Å². The first-order valence-electron chi connectivity index (χ1n) is 9.62. The van der Waals surface area contributed by atoms with Gasteiger partial charge < -0.3 is 10.2 Å². The fourth-order valence-electron chi connectivity index (χ4n) is 3.03. The van der Waals surface area contributed by atoms with Crippen molar-refractivity contribution in [3.8, 4) is 0 Å². The molecule has 28 heavy (non-hydrogen) atoms. The van der Waals surface area contributed by atoms with Crippen LogP contribution < -0.4 is 10.2 Å². The lowest BCUT2D eigenvalue weighted by atomic mass is 10.2. The number of nitrogens with one attached hydrogen (secondary N) is 1. The van der Waals surface area contributed by atoms with E-state index in [1.54, 1.807) is 11.3 Å². The summed E-state index contributed by atoms with van der Waals surface area (Å²) in [6, 6.07) is 18.1. The Kier molecular flexibility index (Phi) is 6.47. The molecule has 146 valence electrons. The first kappa shape index (κ1) is 20.1. The highest BCUT2D eigenvalue weighted by atomic mass is 32.1. The quantitative estimate of drug-likeness (QED) is 0.536. The molecule has 0 radical (unpaired) electrons. The number of para-hydroxylation sites is 1. The summed E-state index contributed by atoms with van der Waals surface area (Å²) in [5.41, 5.74) is 3.79. The number of thiazole rings is 1. The number of carbonyl (C=O) groups is 1. The molecular formula is C23H27N3OS. The highest BCUT2D eigenvalue weighted by Gasteiger charge is 2.20. The largest absolute Gasteiger partial charge is 0.356 e. The van der Waals surface area contributed by atoms with Crippen molar-refractivity contribution in [2.75, 3.05) is 10.2 Å². The Balaban J connectivity index is 1.72. The van der Waals surface area contributed by atoms with Gasteiger partial charge in [-0.05, 0) is 50.2 Å². The minimum absolute atomic E-state index is 0.0689. The maximum atomic E-state index is 13.0. The van der Waals surface area contributed by atoms with Crippen LogP contribution in [0.25, 0.3) is 0 Å². The van der Waals surface area contributed by atoms with Crippen LogP contribution in [0.2, 0.25) is 0 Å². The molecule has 0 aliphatic heterocycles. The average Bonchev–Trinajstić information content (AvgIpc) is 3.13. The number of nitrogens with zero attached hydrogens (tertiary/aromatic N) is 2. The first-order valence-corrected chi connectivity index (χ1v) is 10.5. The molecule has 0 saturated heterocycles. The molecule has 0 aliphatic rings. The van der Waals surface area contributed by atoms with Crippen molar-refractivity contribution < 1.29 is 4.79 Å². The van der Waals surface area contributed by atoms with E-state index >= 15 is 0 Å². The van der Waals surface area contributed by atoms with Gasteiger partial charge in [0.15, 0.2) is 0 Å². The van der Waals surface area contributed by atoms with Crippen molar-refractivity contribution in [2.24, 2.45) is 0 Å². The number of benzene rings is 2. The van der Waals surface area contributed by atoms with Crippen molar-refractivity contribution in [3.63, 3.8) is 0 Å². The number of hydrogen-bond donors (Lipinski definition) is 1. The molecule has 0 unspecified atom stereocenters. The Morgan fingerprint density at radius 1 is 1.00 bits per heavy atom. The molecule has 2 aromatic carbocycles. The van der Waals surface area contributed by atoms with Gasteiger partial charge in [0.1, 0.15) is 0 Å². The van der Waals surface area contributed by atoms with E-state index in [9.17, 15) is 4.79 Å². The van der Waals surface area contributed by atoms with Crippen LogP contribution in [0.3, 0.4) is 0 Å². The van der Waals surface area contributed by atoms with Gasteiger partial charge in [-0.1, -0.05) is 32.0 Å². The maximum Gasteiger partial charge on any atom is 0.233 e. The third kappa shape index (κ3) is 4.98. The normalized spacial score (nSPS) is 11.1. The molecule has 4 nitrogen and oxygen atoms in total. The van der Waals surface area contributed by atoms with E-state index in [0.717, 1.165) is 27.8 Å². The molecule has 1 amide bonds. The topological polar surface area (TPSA) is 45.2 Å². The van der Waals surface area contributed by atoms with Crippen LogP contribution in [0, 0.1) is 0 Å². The summed E-state index contributed by atoms with van der Waals surface area (Å²) in [6.07, 6.45) is 0.325. The monoisotopic (exact) mass is 393 g/mol. The summed E-state index contributed by atoms with van der Waals surface area (Å²) < 4.78 is 0. The van der Waals surface area contributed by atoms with Gasteiger partial charge in [0.25, 0.3) is 0 Å². The standard InChI is InChI=1S/C23H27N3OS/c1-16(2)23-25-20(15-28-23)14-22(27)26(17(3)4)21-12-10-19(11-13-21)24-18-8-6-5-7-9-18/h5-13,15-17,24H,14H2,1-4H3. The Morgan fingerprint density at radius 3 is 2.21 bits per heavy atom. The Bertz CT molecular complexity index is 901. The molecular weight excluding hydrogens is 366 g/mol. The summed E-state index contributed by atoms with van der Waals surface area (Å²) in [6.45, 7) is 8.31. The molecule has 5 heteroatoms. The lowest BCUT2D eigenvalue weighted by Gasteiger charge is -2.27. The fraction of sp³-hybridized carbons (Fsp3) is 0.304. The number of aromatic nitrogens is 1. The second-order valence-corrected chi connectivity index (χ2v) is 8.29. The zero-order valence-corrected chi connectivity index (χ0v) is 17.7. The predicted molar refractivity (Wildman–Crippen MR) is 119 cm³/mol. The molecule has 0 fully saturated rings. The van der Waals surface area contributed by atoms with E-state index in [1.807, 2.05) is 78.7 Å². The zero-order valence-electron chi connectivity index (χ0n) is 16.8. The van der Waals surface area contributed by atoms with Gasteiger partial charge in [-0.2, -0.15) is 0 Å². The van der Waals surface area contributed by atoms with Crippen LogP contribution in [-0.2, 0) is 11.2 Å². The van der Waals surface area contributed by atoms with Crippen LogP contribution >= 0.6 is 11.3 Å². The number of anilines is 3. The molecule has 1 N–H and O–H groups in total. The van der Waals surface area contributed by atoms with E-state index in [1.165, 1.54) is 0 Å². The number of hydrogen-bond acceptors (Lipinski definition) is 4. The highest BCUT2D eigenvalue weighted by Crippen LogP contribution is 2.24. The van der Waals surface area contributed by atoms with Crippen LogP contribution in [-0.4, -0.2) is 16.9 Å². The summed E-state index contributed by atoms with van der Waals surface area (Å²) in [5, 5.41) is 6.45. The van der Waals surface area contributed by atoms with Crippen LogP contribution in [0.5, 0.6) is 0 Å². The van der Waals surface area contributed by atoms with Crippen molar-refractivity contribution >= 4 is 34.3 Å². The number of carbonyl (C=O) groups excluding carboxylic acids is 1. The van der Waals surface area contributed by atoms with Gasteiger partial charge in [0.05, 0.1) is 17.1 Å². The molecule has 3 rings (SSSR count). The molecule has 3 aromatic rings. The van der Waals surface area contributed by atoms with Crippen molar-refractivity contribution in [2.45, 2.75) is 46.1 Å². The Morgan fingerprint density at radius 2 is 1.64 bits per heavy atom. The minimum atomic E-state index is 0.0689. The smallest absolute Gasteiger partial charge is 0.233 e. The third-order valence-electron chi connectivity index (χ3n) is 4.39. The second-order valence-electron chi connectivity index (χ2n) is 7.40. The lowest BCUT2D eigenvalue weighted by Crippen LogP contribution is -2.38. The van der Waals surface area contributed by atoms with Gasteiger partial charge in [-0.3, -0.25) is 4.79 Å². The Labute approximate surface area is 171 Å². The molecule has 1 aromatic heterocycles. The Hall–Kier alpha value is -2.66. The van der Waals surface area contributed by atoms with Crippen LogP contribution in [0.4, 0.5) is 17.1 Å². The summed E-state index contributed by atoms with van der Waals surface area (Å²) >= 11 is 1.63. The van der Waals surface area contributed by atoms with E-state index in [0.29, 0.717) is 12.3 Å². The second kappa shape index (κ2) is 9.02. The van der Waals surface area contributed by atoms with Crippen LogP contribution in [0.1, 0.15) is 44.3 Å². The fourth-order valence-corrected chi connectivity index (χ4v) is 3.87. The SMILES string of the molecule is CC(C)c1nc(CC(=O)N(c2ccc(Nc3ccccc3)cc2)C(C)C)cs1. The van der Waals surface area contributed by atoms with E-state index < -0.39 is 0 Å². The summed E-state index contributed by atoms with van der Waals surface area (Å²) in [7, 11) is 0. The van der Waals surface area contributed by atoms with E-state index in [2.05, 4.69) is 24.1 Å². The molecule has 0 saturated carbocycles. The highest BCUT2D eigenvalue weighted by molar-refractivity contribution is 7.09. The van der Waals surface area contributed by atoms with Crippen LogP contribution in [0.15, 0.2) is 60.0 Å². The first-order chi connectivity index (χ1) is 13.4. The van der Waals surface area contributed by atoms with Gasteiger partial charge in [-0.25, -0.2) is 4.98 Å². The number of amides is 1. The van der Waals surface area contributed by atoms with Crippen molar-refractivity contribution in [1.29, 1.82) is 0 Å². The lowest BCUT2D eigenvalue weighted by molar-refractivity contribution is -0.118.